The number of aryl methyl sites for hydroxylation is 1. The molecule has 0 bridgehead atoms. The second kappa shape index (κ2) is 4.45. The van der Waals surface area contributed by atoms with Gasteiger partial charge in [-0.25, -0.2) is 0 Å². The van der Waals surface area contributed by atoms with Gasteiger partial charge in [0.2, 0.25) is 5.91 Å². The smallest absolute Gasteiger partial charge is 0.228 e. The van der Waals surface area contributed by atoms with E-state index in [4.69, 9.17) is 0 Å². The second-order valence-electron chi connectivity index (χ2n) is 2.86. The molecule has 1 N–H and O–H groups in total. The van der Waals surface area contributed by atoms with Crippen LogP contribution in [0, 0.1) is 6.92 Å². The quantitative estimate of drug-likeness (QED) is 0.702. The lowest BCUT2D eigenvalue weighted by Crippen LogP contribution is -2.10. The zero-order valence-corrected chi connectivity index (χ0v) is 7.71. The minimum atomic E-state index is -0.0238. The van der Waals surface area contributed by atoms with Crippen molar-refractivity contribution in [3.05, 3.63) is 42.5 Å². The van der Waals surface area contributed by atoms with E-state index in [0.29, 0.717) is 6.42 Å². The molecule has 0 saturated carbocycles. The summed E-state index contributed by atoms with van der Waals surface area (Å²) in [6, 6.07) is 7.69. The van der Waals surface area contributed by atoms with E-state index in [1.807, 2.05) is 31.2 Å². The highest BCUT2D eigenvalue weighted by atomic mass is 16.1. The van der Waals surface area contributed by atoms with Crippen molar-refractivity contribution in [3.63, 3.8) is 0 Å². The van der Waals surface area contributed by atoms with Crippen LogP contribution in [0.3, 0.4) is 0 Å². The van der Waals surface area contributed by atoms with Crippen LogP contribution in [-0.4, -0.2) is 5.91 Å². The number of benzene rings is 1. The van der Waals surface area contributed by atoms with Gasteiger partial charge < -0.3 is 5.32 Å². The third kappa shape index (κ3) is 2.75. The van der Waals surface area contributed by atoms with Gasteiger partial charge in [0.25, 0.3) is 0 Å². The molecular weight excluding hydrogens is 162 g/mol. The number of carbonyl (C=O) groups excluding carboxylic acids is 1. The largest absolute Gasteiger partial charge is 0.326 e. The Morgan fingerprint density at radius 2 is 2.23 bits per heavy atom. The molecule has 0 aliphatic heterocycles. The second-order valence-corrected chi connectivity index (χ2v) is 2.86. The fourth-order valence-electron chi connectivity index (χ4n) is 1.05. The number of hydrogen-bond donors (Lipinski definition) is 1. The summed E-state index contributed by atoms with van der Waals surface area (Å²) in [7, 11) is 0. The van der Waals surface area contributed by atoms with Crippen LogP contribution >= 0.6 is 0 Å². The van der Waals surface area contributed by atoms with Gasteiger partial charge in [-0.1, -0.05) is 24.3 Å². The molecule has 0 heterocycles. The van der Waals surface area contributed by atoms with Crippen LogP contribution < -0.4 is 5.32 Å². The van der Waals surface area contributed by atoms with Crippen molar-refractivity contribution < 1.29 is 4.79 Å². The fraction of sp³-hybridized carbons (Fsp3) is 0.182. The lowest BCUT2D eigenvalue weighted by atomic mass is 10.2. The molecule has 68 valence electrons. The number of para-hydroxylation sites is 1. The van der Waals surface area contributed by atoms with Gasteiger partial charge in [0.15, 0.2) is 0 Å². The van der Waals surface area contributed by atoms with Crippen molar-refractivity contribution in [1.29, 1.82) is 0 Å². The lowest BCUT2D eigenvalue weighted by Gasteiger charge is -2.05. The van der Waals surface area contributed by atoms with Crippen molar-refractivity contribution in [2.75, 3.05) is 5.32 Å². The summed E-state index contributed by atoms with van der Waals surface area (Å²) < 4.78 is 0. The van der Waals surface area contributed by atoms with Crippen molar-refractivity contribution in [3.8, 4) is 0 Å². The third-order valence-corrected chi connectivity index (χ3v) is 1.75. The van der Waals surface area contributed by atoms with Gasteiger partial charge >= 0.3 is 0 Å². The normalized spacial score (nSPS) is 9.31. The molecule has 2 heteroatoms. The van der Waals surface area contributed by atoms with Gasteiger partial charge in [-0.15, -0.1) is 6.58 Å². The summed E-state index contributed by atoms with van der Waals surface area (Å²) in [5.74, 6) is -0.0238. The summed E-state index contributed by atoms with van der Waals surface area (Å²) in [6.07, 6.45) is 1.95. The summed E-state index contributed by atoms with van der Waals surface area (Å²) in [4.78, 5) is 11.2. The van der Waals surface area contributed by atoms with Crippen LogP contribution in [0.5, 0.6) is 0 Å². The monoisotopic (exact) mass is 175 g/mol. The number of nitrogens with one attached hydrogen (secondary N) is 1. The van der Waals surface area contributed by atoms with Crippen LogP contribution in [-0.2, 0) is 4.79 Å². The van der Waals surface area contributed by atoms with Crippen LogP contribution in [0.4, 0.5) is 5.69 Å². The molecule has 1 aromatic rings. The van der Waals surface area contributed by atoms with Crippen molar-refractivity contribution in [1.82, 2.24) is 0 Å². The Hall–Kier alpha value is -1.57. The van der Waals surface area contributed by atoms with Crippen LogP contribution in [0.1, 0.15) is 12.0 Å². The molecule has 1 aromatic carbocycles. The standard InChI is InChI=1S/C11H13NO/c1-3-6-11(13)12-10-8-5-4-7-9(10)2/h3-5,7-8H,1,6H2,2H3,(H,12,13). The highest BCUT2D eigenvalue weighted by Gasteiger charge is 2.00. The van der Waals surface area contributed by atoms with Gasteiger partial charge in [-0.2, -0.15) is 0 Å². The third-order valence-electron chi connectivity index (χ3n) is 1.75. The van der Waals surface area contributed by atoms with E-state index in [9.17, 15) is 4.79 Å². The first kappa shape index (κ1) is 9.52. The molecule has 0 aliphatic rings. The first-order valence-corrected chi connectivity index (χ1v) is 4.20. The number of rotatable bonds is 3. The summed E-state index contributed by atoms with van der Waals surface area (Å²) in [5.41, 5.74) is 1.94. The van der Waals surface area contributed by atoms with Gasteiger partial charge in [-0.3, -0.25) is 4.79 Å². The van der Waals surface area contributed by atoms with Crippen LogP contribution in [0.15, 0.2) is 36.9 Å². The molecule has 0 aromatic heterocycles. The highest BCUT2D eigenvalue weighted by molar-refractivity contribution is 5.92. The molecule has 0 radical (unpaired) electrons. The minimum absolute atomic E-state index is 0.0238. The van der Waals surface area contributed by atoms with Crippen LogP contribution in [0.2, 0.25) is 0 Å². The molecule has 0 spiro atoms. The van der Waals surface area contributed by atoms with E-state index < -0.39 is 0 Å². The molecule has 1 amide bonds. The van der Waals surface area contributed by atoms with Crippen molar-refractivity contribution in [2.24, 2.45) is 0 Å². The number of amides is 1. The minimum Gasteiger partial charge on any atom is -0.326 e. The van der Waals surface area contributed by atoms with Gasteiger partial charge in [0, 0.05) is 12.1 Å². The molecule has 13 heavy (non-hydrogen) atoms. The van der Waals surface area contributed by atoms with E-state index in [-0.39, 0.29) is 5.91 Å². The predicted molar refractivity (Wildman–Crippen MR) is 54.6 cm³/mol. The highest BCUT2D eigenvalue weighted by Crippen LogP contribution is 2.12. The molecule has 2 nitrogen and oxygen atoms in total. The molecule has 0 fully saturated rings. The Morgan fingerprint density at radius 1 is 1.54 bits per heavy atom. The van der Waals surface area contributed by atoms with Gasteiger partial charge in [0.05, 0.1) is 0 Å². The van der Waals surface area contributed by atoms with E-state index >= 15 is 0 Å². The Balaban J connectivity index is 2.68. The first-order chi connectivity index (χ1) is 6.24. The van der Waals surface area contributed by atoms with Crippen molar-refractivity contribution in [2.45, 2.75) is 13.3 Å². The summed E-state index contributed by atoms with van der Waals surface area (Å²) >= 11 is 0. The summed E-state index contributed by atoms with van der Waals surface area (Å²) in [5, 5.41) is 2.80. The van der Waals surface area contributed by atoms with Gasteiger partial charge in [0.1, 0.15) is 0 Å². The maximum atomic E-state index is 11.2. The number of anilines is 1. The van der Waals surface area contributed by atoms with Crippen LogP contribution in [0.25, 0.3) is 0 Å². The summed E-state index contributed by atoms with van der Waals surface area (Å²) in [6.45, 7) is 5.47. The van der Waals surface area contributed by atoms with Crippen molar-refractivity contribution >= 4 is 11.6 Å². The Morgan fingerprint density at radius 3 is 2.85 bits per heavy atom. The van der Waals surface area contributed by atoms with E-state index in [1.54, 1.807) is 6.08 Å². The SMILES string of the molecule is C=CCC(=O)Nc1ccccc1C. The predicted octanol–water partition coefficient (Wildman–Crippen LogP) is 2.51. The topological polar surface area (TPSA) is 29.1 Å². The Labute approximate surface area is 78.3 Å². The molecule has 0 unspecified atom stereocenters. The zero-order chi connectivity index (χ0) is 9.68. The van der Waals surface area contributed by atoms with E-state index in [0.717, 1.165) is 11.3 Å². The lowest BCUT2D eigenvalue weighted by molar-refractivity contribution is -0.115. The molecule has 0 atom stereocenters. The van der Waals surface area contributed by atoms with E-state index in [2.05, 4.69) is 11.9 Å². The average molecular weight is 175 g/mol. The Kier molecular flexibility index (Phi) is 3.26. The molecular formula is C11H13NO. The maximum Gasteiger partial charge on any atom is 0.228 e. The Bertz CT molecular complexity index is 318. The zero-order valence-electron chi connectivity index (χ0n) is 7.71. The maximum absolute atomic E-state index is 11.2. The average Bonchev–Trinajstić information content (AvgIpc) is 2.09. The molecule has 0 aliphatic carbocycles. The number of hydrogen-bond acceptors (Lipinski definition) is 1. The van der Waals surface area contributed by atoms with Gasteiger partial charge in [-0.05, 0) is 18.6 Å². The first-order valence-electron chi connectivity index (χ1n) is 4.20. The molecule has 0 saturated heterocycles. The molecule has 1 rings (SSSR count). The fourth-order valence-corrected chi connectivity index (χ4v) is 1.05. The van der Waals surface area contributed by atoms with E-state index in [1.165, 1.54) is 0 Å². The number of carbonyl (C=O) groups is 1.